The normalized spacial score (nSPS) is 15.5. The lowest BCUT2D eigenvalue weighted by molar-refractivity contribution is 0.0719. The highest BCUT2D eigenvalue weighted by Crippen LogP contribution is 2.20. The van der Waals surface area contributed by atoms with E-state index >= 15 is 0 Å². The van der Waals surface area contributed by atoms with Crippen molar-refractivity contribution in [3.05, 3.63) is 101 Å². The molecule has 1 N–H and O–H groups in total. The standard InChI is InChI=1S/C26H28FN3O/c27-24-12-6-11-22(18-24)26(31)30-17-16-29(19-21-8-2-1-3-9-21)15-7-14-28-25-13-5-4-10-23(25)20-30/h1-6,8-13,18,28H,7,14-17,19-20H2. The van der Waals surface area contributed by atoms with E-state index in [0.717, 1.165) is 43.9 Å². The number of amides is 1. The number of anilines is 1. The molecule has 3 aromatic carbocycles. The van der Waals surface area contributed by atoms with Crippen molar-refractivity contribution in [3.63, 3.8) is 0 Å². The third-order valence-electron chi connectivity index (χ3n) is 5.64. The number of para-hydroxylation sites is 1. The fraction of sp³-hybridized carbons (Fsp3) is 0.269. The number of hydrogen-bond donors (Lipinski definition) is 1. The minimum Gasteiger partial charge on any atom is -0.385 e. The lowest BCUT2D eigenvalue weighted by atomic mass is 10.1. The molecule has 1 heterocycles. The second-order valence-electron chi connectivity index (χ2n) is 7.94. The lowest BCUT2D eigenvalue weighted by Gasteiger charge is -2.28. The van der Waals surface area contributed by atoms with Gasteiger partial charge in [-0.1, -0.05) is 54.6 Å². The van der Waals surface area contributed by atoms with Crippen molar-refractivity contribution < 1.29 is 9.18 Å². The number of fused-ring (bicyclic) bond motifs is 1. The van der Waals surface area contributed by atoms with E-state index in [9.17, 15) is 9.18 Å². The lowest BCUT2D eigenvalue weighted by Crippen LogP contribution is -2.38. The maximum Gasteiger partial charge on any atom is 0.254 e. The van der Waals surface area contributed by atoms with Gasteiger partial charge in [0.25, 0.3) is 5.91 Å². The zero-order chi connectivity index (χ0) is 21.5. The van der Waals surface area contributed by atoms with Gasteiger partial charge in [-0.15, -0.1) is 0 Å². The van der Waals surface area contributed by atoms with E-state index < -0.39 is 5.82 Å². The van der Waals surface area contributed by atoms with Crippen molar-refractivity contribution >= 4 is 11.6 Å². The molecule has 0 aliphatic carbocycles. The smallest absolute Gasteiger partial charge is 0.254 e. The summed E-state index contributed by atoms with van der Waals surface area (Å²) in [5, 5.41) is 3.53. The highest BCUT2D eigenvalue weighted by molar-refractivity contribution is 5.94. The maximum absolute atomic E-state index is 13.8. The average Bonchev–Trinajstić information content (AvgIpc) is 2.83. The summed E-state index contributed by atoms with van der Waals surface area (Å²) in [4.78, 5) is 17.5. The van der Waals surface area contributed by atoms with Crippen LogP contribution in [0.1, 0.15) is 27.9 Å². The Morgan fingerprint density at radius 2 is 1.71 bits per heavy atom. The van der Waals surface area contributed by atoms with Gasteiger partial charge in [-0.3, -0.25) is 9.69 Å². The number of carbonyl (C=O) groups excluding carboxylic acids is 1. The Balaban J connectivity index is 1.58. The summed E-state index contributed by atoms with van der Waals surface area (Å²) < 4.78 is 13.8. The van der Waals surface area contributed by atoms with Crippen molar-refractivity contribution in [2.75, 3.05) is 31.5 Å². The van der Waals surface area contributed by atoms with Crippen LogP contribution in [0.3, 0.4) is 0 Å². The first kappa shape index (κ1) is 21.1. The van der Waals surface area contributed by atoms with Crippen LogP contribution in [0.2, 0.25) is 0 Å². The molecule has 0 bridgehead atoms. The van der Waals surface area contributed by atoms with Gasteiger partial charge in [-0.2, -0.15) is 0 Å². The summed E-state index contributed by atoms with van der Waals surface area (Å²) in [5.41, 5.74) is 3.77. The van der Waals surface area contributed by atoms with E-state index in [4.69, 9.17) is 0 Å². The van der Waals surface area contributed by atoms with Gasteiger partial charge in [0.2, 0.25) is 0 Å². The quantitative estimate of drug-likeness (QED) is 0.666. The predicted octanol–water partition coefficient (Wildman–Crippen LogP) is 4.79. The van der Waals surface area contributed by atoms with Crippen LogP contribution in [0.5, 0.6) is 0 Å². The monoisotopic (exact) mass is 417 g/mol. The Morgan fingerprint density at radius 1 is 0.903 bits per heavy atom. The van der Waals surface area contributed by atoms with Gasteiger partial charge in [-0.25, -0.2) is 4.39 Å². The molecule has 1 amide bonds. The van der Waals surface area contributed by atoms with Gasteiger partial charge in [0.05, 0.1) is 0 Å². The van der Waals surface area contributed by atoms with Gasteiger partial charge in [0.15, 0.2) is 0 Å². The van der Waals surface area contributed by atoms with Gasteiger partial charge >= 0.3 is 0 Å². The Labute approximate surface area is 183 Å². The first-order valence-corrected chi connectivity index (χ1v) is 10.8. The molecule has 4 rings (SSSR count). The van der Waals surface area contributed by atoms with Crippen molar-refractivity contribution in [1.82, 2.24) is 9.80 Å². The van der Waals surface area contributed by atoms with Crippen LogP contribution in [0.4, 0.5) is 10.1 Å². The summed E-state index contributed by atoms with van der Waals surface area (Å²) in [6.45, 7) is 4.48. The summed E-state index contributed by atoms with van der Waals surface area (Å²) in [5.74, 6) is -0.537. The van der Waals surface area contributed by atoms with Crippen LogP contribution in [0.15, 0.2) is 78.9 Å². The maximum atomic E-state index is 13.8. The van der Waals surface area contributed by atoms with E-state index in [1.165, 1.54) is 17.7 Å². The summed E-state index contributed by atoms with van der Waals surface area (Å²) in [6, 6.07) is 24.5. The molecule has 4 nitrogen and oxygen atoms in total. The van der Waals surface area contributed by atoms with Crippen LogP contribution < -0.4 is 5.32 Å². The molecule has 3 aromatic rings. The molecule has 0 unspecified atom stereocenters. The van der Waals surface area contributed by atoms with Gasteiger partial charge < -0.3 is 10.2 Å². The number of nitrogens with zero attached hydrogens (tertiary/aromatic N) is 2. The fourth-order valence-corrected chi connectivity index (χ4v) is 3.99. The number of carbonyl (C=O) groups is 1. The van der Waals surface area contributed by atoms with Gasteiger partial charge in [0, 0.05) is 50.5 Å². The number of benzene rings is 3. The molecule has 160 valence electrons. The topological polar surface area (TPSA) is 35.6 Å². The fourth-order valence-electron chi connectivity index (χ4n) is 3.99. The van der Waals surface area contributed by atoms with Gasteiger partial charge in [-0.05, 0) is 41.8 Å². The molecule has 0 saturated heterocycles. The van der Waals surface area contributed by atoms with E-state index in [1.807, 2.05) is 29.2 Å². The predicted molar refractivity (Wildman–Crippen MR) is 122 cm³/mol. The summed E-state index contributed by atoms with van der Waals surface area (Å²) in [7, 11) is 0. The van der Waals surface area contributed by atoms with Gasteiger partial charge in [0.1, 0.15) is 5.82 Å². The highest BCUT2D eigenvalue weighted by Gasteiger charge is 2.20. The van der Waals surface area contributed by atoms with E-state index in [0.29, 0.717) is 18.7 Å². The third kappa shape index (κ3) is 5.70. The second kappa shape index (κ2) is 10.2. The van der Waals surface area contributed by atoms with Crippen molar-refractivity contribution in [1.29, 1.82) is 0 Å². The van der Waals surface area contributed by atoms with Crippen molar-refractivity contribution in [3.8, 4) is 0 Å². The molecule has 0 atom stereocenters. The number of rotatable bonds is 3. The largest absolute Gasteiger partial charge is 0.385 e. The Hall–Kier alpha value is -3.18. The molecule has 0 spiro atoms. The minimum atomic E-state index is -0.392. The molecule has 5 heteroatoms. The molecule has 0 saturated carbocycles. The van der Waals surface area contributed by atoms with Crippen LogP contribution in [0, 0.1) is 5.82 Å². The van der Waals surface area contributed by atoms with Crippen LogP contribution >= 0.6 is 0 Å². The number of hydrogen-bond acceptors (Lipinski definition) is 3. The molecule has 0 fully saturated rings. The number of nitrogens with one attached hydrogen (secondary N) is 1. The zero-order valence-corrected chi connectivity index (χ0v) is 17.6. The number of halogens is 1. The molecule has 31 heavy (non-hydrogen) atoms. The second-order valence-corrected chi connectivity index (χ2v) is 7.94. The summed E-state index contributed by atoms with van der Waals surface area (Å²) >= 11 is 0. The van der Waals surface area contributed by atoms with E-state index in [1.54, 1.807) is 12.1 Å². The minimum absolute atomic E-state index is 0.145. The van der Waals surface area contributed by atoms with Crippen LogP contribution in [0.25, 0.3) is 0 Å². The molecule has 0 radical (unpaired) electrons. The van der Waals surface area contributed by atoms with Crippen molar-refractivity contribution in [2.45, 2.75) is 19.5 Å². The van der Waals surface area contributed by atoms with E-state index in [-0.39, 0.29) is 5.91 Å². The first-order valence-electron chi connectivity index (χ1n) is 10.8. The molecular formula is C26H28FN3O. The molecular weight excluding hydrogens is 389 g/mol. The summed E-state index contributed by atoms with van der Waals surface area (Å²) in [6.07, 6.45) is 1.01. The molecule has 1 aliphatic heterocycles. The molecule has 1 aliphatic rings. The Kier molecular flexibility index (Phi) is 6.95. The zero-order valence-electron chi connectivity index (χ0n) is 17.6. The van der Waals surface area contributed by atoms with Crippen LogP contribution in [-0.4, -0.2) is 41.9 Å². The van der Waals surface area contributed by atoms with E-state index in [2.05, 4.69) is 40.5 Å². The highest BCUT2D eigenvalue weighted by atomic mass is 19.1. The SMILES string of the molecule is O=C(c1cccc(F)c1)N1CCN(Cc2ccccc2)CCCNc2ccccc2C1. The first-order chi connectivity index (χ1) is 15.2. The Bertz CT molecular complexity index is 1010. The Morgan fingerprint density at radius 3 is 2.55 bits per heavy atom. The third-order valence-corrected chi connectivity index (χ3v) is 5.64. The average molecular weight is 418 g/mol. The van der Waals surface area contributed by atoms with Crippen molar-refractivity contribution in [2.24, 2.45) is 0 Å². The van der Waals surface area contributed by atoms with Crippen LogP contribution in [-0.2, 0) is 13.1 Å². The molecule has 0 aromatic heterocycles.